The van der Waals surface area contributed by atoms with E-state index in [0.29, 0.717) is 22.8 Å². The van der Waals surface area contributed by atoms with Crippen molar-refractivity contribution < 1.29 is 8.42 Å². The molecule has 4 heteroatoms. The molecule has 15 heavy (non-hydrogen) atoms. The highest BCUT2D eigenvalue weighted by Crippen LogP contribution is 2.52. The van der Waals surface area contributed by atoms with Crippen LogP contribution in [0.4, 0.5) is 0 Å². The summed E-state index contributed by atoms with van der Waals surface area (Å²) in [5.74, 6) is 1.11. The van der Waals surface area contributed by atoms with Crippen molar-refractivity contribution in [2.45, 2.75) is 45.1 Å². The van der Waals surface area contributed by atoms with Crippen LogP contribution in [0.5, 0.6) is 0 Å². The average Bonchev–Trinajstić information content (AvgIpc) is 1.99. The smallest absolute Gasteiger partial charge is 0.150 e. The van der Waals surface area contributed by atoms with Crippen LogP contribution in [0.25, 0.3) is 0 Å². The Bertz CT molecular complexity index is 337. The lowest BCUT2D eigenvalue weighted by molar-refractivity contribution is 0.0127. The van der Waals surface area contributed by atoms with E-state index in [0.717, 1.165) is 25.7 Å². The van der Waals surface area contributed by atoms with Gasteiger partial charge in [-0.2, -0.15) is 0 Å². The molecule has 1 saturated carbocycles. The lowest BCUT2D eigenvalue weighted by Gasteiger charge is -2.55. The molecule has 1 saturated heterocycles. The zero-order valence-corrected chi connectivity index (χ0v) is 10.4. The van der Waals surface area contributed by atoms with Crippen LogP contribution >= 0.6 is 0 Å². The zero-order chi connectivity index (χ0) is 11.3. The van der Waals surface area contributed by atoms with E-state index in [4.69, 9.17) is 5.73 Å². The summed E-state index contributed by atoms with van der Waals surface area (Å²) in [7, 11) is -2.74. The predicted molar refractivity (Wildman–Crippen MR) is 61.3 cm³/mol. The molecule has 0 aromatic heterocycles. The van der Waals surface area contributed by atoms with E-state index < -0.39 is 9.84 Å². The van der Waals surface area contributed by atoms with Crippen molar-refractivity contribution >= 4 is 9.84 Å². The molecular formula is C11H21NO2S. The fraction of sp³-hybridized carbons (Fsp3) is 1.00. The van der Waals surface area contributed by atoms with E-state index in [9.17, 15) is 8.42 Å². The van der Waals surface area contributed by atoms with Crippen molar-refractivity contribution in [1.82, 2.24) is 0 Å². The van der Waals surface area contributed by atoms with Crippen LogP contribution < -0.4 is 5.73 Å². The molecule has 2 fully saturated rings. The third-order valence-corrected chi connectivity index (χ3v) is 5.70. The van der Waals surface area contributed by atoms with E-state index in [2.05, 4.69) is 13.8 Å². The Balaban J connectivity index is 1.98. The molecule has 88 valence electrons. The average molecular weight is 231 g/mol. The maximum Gasteiger partial charge on any atom is 0.150 e. The predicted octanol–water partition coefficient (Wildman–Crippen LogP) is 1.33. The fourth-order valence-electron chi connectivity index (χ4n) is 3.48. The summed E-state index contributed by atoms with van der Waals surface area (Å²) in [6.45, 7) is 4.47. The van der Waals surface area contributed by atoms with Gasteiger partial charge in [-0.05, 0) is 37.0 Å². The normalized spacial score (nSPS) is 33.3. The van der Waals surface area contributed by atoms with Gasteiger partial charge in [-0.25, -0.2) is 8.42 Å². The molecule has 0 aromatic rings. The first-order chi connectivity index (χ1) is 6.73. The topological polar surface area (TPSA) is 60.2 Å². The van der Waals surface area contributed by atoms with Gasteiger partial charge < -0.3 is 5.73 Å². The van der Waals surface area contributed by atoms with E-state index in [1.807, 2.05) is 0 Å². The third kappa shape index (κ3) is 2.21. The van der Waals surface area contributed by atoms with Gasteiger partial charge in [-0.3, -0.25) is 0 Å². The second-order valence-electron chi connectivity index (χ2n) is 6.18. The highest BCUT2D eigenvalue weighted by Gasteiger charge is 2.51. The molecule has 0 unspecified atom stereocenters. The van der Waals surface area contributed by atoms with Crippen LogP contribution in [0.15, 0.2) is 0 Å². The molecule has 2 aliphatic rings. The van der Waals surface area contributed by atoms with Crippen molar-refractivity contribution in [2.24, 2.45) is 17.1 Å². The largest absolute Gasteiger partial charge is 0.325 e. The van der Waals surface area contributed by atoms with Crippen LogP contribution in [-0.2, 0) is 9.84 Å². The Hall–Kier alpha value is -0.0900. The lowest BCUT2D eigenvalue weighted by atomic mass is 9.54. The van der Waals surface area contributed by atoms with Gasteiger partial charge in [0.05, 0.1) is 11.5 Å². The summed E-state index contributed by atoms with van der Waals surface area (Å²) < 4.78 is 22.6. The van der Waals surface area contributed by atoms with E-state index in [1.165, 1.54) is 0 Å². The van der Waals surface area contributed by atoms with Crippen LogP contribution in [0.1, 0.15) is 39.5 Å². The number of nitrogens with two attached hydrogens (primary N) is 1. The lowest BCUT2D eigenvalue weighted by Crippen LogP contribution is -2.61. The van der Waals surface area contributed by atoms with Gasteiger partial charge in [0.25, 0.3) is 0 Å². The SMILES string of the molecule is CC1(C)CC(N)(C2CCS(=O)(=O)CC2)C1. The van der Waals surface area contributed by atoms with Crippen molar-refractivity contribution in [1.29, 1.82) is 0 Å². The first-order valence-electron chi connectivity index (χ1n) is 5.72. The molecule has 0 atom stereocenters. The van der Waals surface area contributed by atoms with Gasteiger partial charge in [0.2, 0.25) is 0 Å². The Morgan fingerprint density at radius 1 is 1.13 bits per heavy atom. The van der Waals surface area contributed by atoms with E-state index in [-0.39, 0.29) is 5.54 Å². The van der Waals surface area contributed by atoms with Crippen molar-refractivity contribution in [2.75, 3.05) is 11.5 Å². The Kier molecular flexibility index (Phi) is 2.43. The standard InChI is InChI=1S/C11H21NO2S/c1-10(2)7-11(12,8-10)9-3-5-15(13,14)6-4-9/h9H,3-8,12H2,1-2H3. The molecule has 0 amide bonds. The van der Waals surface area contributed by atoms with Gasteiger partial charge >= 0.3 is 0 Å². The Morgan fingerprint density at radius 3 is 2.00 bits per heavy atom. The summed E-state index contributed by atoms with van der Waals surface area (Å²) in [5, 5.41) is 0. The van der Waals surface area contributed by atoms with Gasteiger partial charge in [0.1, 0.15) is 9.84 Å². The molecule has 3 nitrogen and oxygen atoms in total. The first kappa shape index (κ1) is 11.4. The van der Waals surface area contributed by atoms with Gasteiger partial charge in [0, 0.05) is 5.54 Å². The molecule has 0 bridgehead atoms. The first-order valence-corrected chi connectivity index (χ1v) is 7.54. The Morgan fingerprint density at radius 2 is 1.60 bits per heavy atom. The third-order valence-electron chi connectivity index (χ3n) is 3.98. The molecule has 2 rings (SSSR count). The number of hydrogen-bond acceptors (Lipinski definition) is 3. The van der Waals surface area contributed by atoms with Gasteiger partial charge in [0.15, 0.2) is 0 Å². The fourth-order valence-corrected chi connectivity index (χ4v) is 4.98. The summed E-state index contributed by atoms with van der Waals surface area (Å²) in [4.78, 5) is 0. The van der Waals surface area contributed by atoms with E-state index >= 15 is 0 Å². The highest BCUT2D eigenvalue weighted by molar-refractivity contribution is 7.91. The minimum Gasteiger partial charge on any atom is -0.325 e. The summed E-state index contributed by atoms with van der Waals surface area (Å²) in [6, 6.07) is 0. The van der Waals surface area contributed by atoms with E-state index in [1.54, 1.807) is 0 Å². The number of hydrogen-bond donors (Lipinski definition) is 1. The maximum atomic E-state index is 11.3. The molecule has 1 heterocycles. The van der Waals surface area contributed by atoms with Crippen molar-refractivity contribution in [3.63, 3.8) is 0 Å². The number of rotatable bonds is 1. The van der Waals surface area contributed by atoms with Crippen LogP contribution in [-0.4, -0.2) is 25.5 Å². The summed E-state index contributed by atoms with van der Waals surface area (Å²) >= 11 is 0. The van der Waals surface area contributed by atoms with Gasteiger partial charge in [-0.15, -0.1) is 0 Å². The molecule has 2 N–H and O–H groups in total. The molecule has 1 aliphatic heterocycles. The summed E-state index contributed by atoms with van der Waals surface area (Å²) in [5.41, 5.74) is 6.64. The second kappa shape index (κ2) is 3.20. The van der Waals surface area contributed by atoms with Crippen molar-refractivity contribution in [3.8, 4) is 0 Å². The molecule has 0 radical (unpaired) electrons. The quantitative estimate of drug-likeness (QED) is 0.740. The monoisotopic (exact) mass is 231 g/mol. The number of sulfone groups is 1. The zero-order valence-electron chi connectivity index (χ0n) is 9.62. The molecule has 1 aliphatic carbocycles. The van der Waals surface area contributed by atoms with Gasteiger partial charge in [-0.1, -0.05) is 13.8 Å². The van der Waals surface area contributed by atoms with Crippen LogP contribution in [0, 0.1) is 11.3 Å². The van der Waals surface area contributed by atoms with Crippen molar-refractivity contribution in [3.05, 3.63) is 0 Å². The minimum atomic E-state index is -2.74. The summed E-state index contributed by atoms with van der Waals surface area (Å²) in [6.07, 6.45) is 3.64. The molecule has 0 spiro atoms. The minimum absolute atomic E-state index is 0.0700. The Labute approximate surface area is 92.3 Å². The maximum absolute atomic E-state index is 11.3. The molecular weight excluding hydrogens is 210 g/mol. The van der Waals surface area contributed by atoms with Crippen LogP contribution in [0.2, 0.25) is 0 Å². The highest BCUT2D eigenvalue weighted by atomic mass is 32.2. The second-order valence-corrected chi connectivity index (χ2v) is 8.48. The van der Waals surface area contributed by atoms with Crippen LogP contribution in [0.3, 0.4) is 0 Å². The molecule has 0 aromatic carbocycles.